The average Bonchev–Trinajstić information content (AvgIpc) is 2.95. The molecule has 1 aromatic carbocycles. The summed E-state index contributed by atoms with van der Waals surface area (Å²) in [5.74, 6) is 0.629. The number of aryl methyl sites for hydroxylation is 1. The molecule has 21 heavy (non-hydrogen) atoms. The van der Waals surface area contributed by atoms with Crippen LogP contribution in [-0.2, 0) is 11.3 Å². The largest absolute Gasteiger partial charge is 0.381 e. The van der Waals surface area contributed by atoms with Gasteiger partial charge >= 0.3 is 0 Å². The summed E-state index contributed by atoms with van der Waals surface area (Å²) in [7, 11) is 0. The van der Waals surface area contributed by atoms with E-state index in [0.29, 0.717) is 12.0 Å². The molecule has 2 N–H and O–H groups in total. The van der Waals surface area contributed by atoms with Crippen molar-refractivity contribution in [2.24, 2.45) is 5.92 Å². The van der Waals surface area contributed by atoms with E-state index in [1.54, 1.807) is 0 Å². The molecule has 2 heterocycles. The van der Waals surface area contributed by atoms with Crippen LogP contribution in [0.2, 0.25) is 0 Å². The van der Waals surface area contributed by atoms with Gasteiger partial charge in [-0.05, 0) is 36.8 Å². The monoisotopic (exact) mass is 285 g/mol. The van der Waals surface area contributed by atoms with Crippen molar-refractivity contribution in [1.29, 1.82) is 0 Å². The maximum atomic E-state index is 5.51. The fourth-order valence-corrected chi connectivity index (χ4v) is 3.03. The molecular formula is C17H23N3O. The Morgan fingerprint density at radius 3 is 2.71 bits per heavy atom. The summed E-state index contributed by atoms with van der Waals surface area (Å²) in [6.07, 6.45) is 4.12. The van der Waals surface area contributed by atoms with Crippen LogP contribution in [-0.4, -0.2) is 23.4 Å². The number of nitrogens with zero attached hydrogens (tertiary/aromatic N) is 1. The Labute approximate surface area is 125 Å². The van der Waals surface area contributed by atoms with Crippen molar-refractivity contribution in [3.05, 3.63) is 53.3 Å². The maximum absolute atomic E-state index is 5.51. The quantitative estimate of drug-likeness (QED) is 0.888. The highest BCUT2D eigenvalue weighted by Crippen LogP contribution is 2.30. The molecule has 1 aliphatic heterocycles. The molecule has 1 fully saturated rings. The van der Waals surface area contributed by atoms with Crippen LogP contribution in [0, 0.1) is 12.8 Å². The van der Waals surface area contributed by atoms with Gasteiger partial charge in [0.15, 0.2) is 0 Å². The third-order valence-electron chi connectivity index (χ3n) is 4.33. The minimum atomic E-state index is 0.373. The summed E-state index contributed by atoms with van der Waals surface area (Å²) in [6.45, 7) is 4.66. The zero-order valence-corrected chi connectivity index (χ0v) is 12.5. The molecular weight excluding hydrogens is 262 g/mol. The van der Waals surface area contributed by atoms with Gasteiger partial charge in [0.25, 0.3) is 0 Å². The first-order valence-corrected chi connectivity index (χ1v) is 7.69. The summed E-state index contributed by atoms with van der Waals surface area (Å²) >= 11 is 0. The van der Waals surface area contributed by atoms with Gasteiger partial charge in [0.1, 0.15) is 0 Å². The predicted molar refractivity (Wildman–Crippen MR) is 82.9 cm³/mol. The van der Waals surface area contributed by atoms with E-state index >= 15 is 0 Å². The van der Waals surface area contributed by atoms with E-state index < -0.39 is 0 Å². The van der Waals surface area contributed by atoms with Crippen molar-refractivity contribution in [3.63, 3.8) is 0 Å². The lowest BCUT2D eigenvalue weighted by Gasteiger charge is -2.31. The van der Waals surface area contributed by atoms with E-state index in [0.717, 1.165) is 32.6 Å². The molecule has 4 heteroatoms. The second-order valence-corrected chi connectivity index (χ2v) is 5.75. The molecule has 1 unspecified atom stereocenters. The number of nitrogens with one attached hydrogen (secondary N) is 2. The molecule has 3 rings (SSSR count). The van der Waals surface area contributed by atoms with Gasteiger partial charge in [-0.25, -0.2) is 0 Å². The molecule has 0 bridgehead atoms. The van der Waals surface area contributed by atoms with Gasteiger partial charge in [0, 0.05) is 25.8 Å². The molecule has 1 atom stereocenters. The lowest BCUT2D eigenvalue weighted by Crippen LogP contribution is -2.32. The van der Waals surface area contributed by atoms with Crippen molar-refractivity contribution in [2.45, 2.75) is 32.4 Å². The summed E-state index contributed by atoms with van der Waals surface area (Å²) in [5.41, 5.74) is 3.74. The zero-order valence-electron chi connectivity index (χ0n) is 12.5. The SMILES string of the molecule is Cc1cn[nH]c1CNC(c1ccccc1)C1CCOCC1. The van der Waals surface area contributed by atoms with Crippen molar-refractivity contribution in [2.75, 3.05) is 13.2 Å². The van der Waals surface area contributed by atoms with Crippen LogP contribution in [0.15, 0.2) is 36.5 Å². The fraction of sp³-hybridized carbons (Fsp3) is 0.471. The third-order valence-corrected chi connectivity index (χ3v) is 4.33. The average molecular weight is 285 g/mol. The van der Waals surface area contributed by atoms with Crippen molar-refractivity contribution in [3.8, 4) is 0 Å². The highest BCUT2D eigenvalue weighted by atomic mass is 16.5. The Bertz CT molecular complexity index is 546. The first kappa shape index (κ1) is 14.3. The number of aromatic nitrogens is 2. The molecule has 1 saturated heterocycles. The molecule has 0 radical (unpaired) electrons. The van der Waals surface area contributed by atoms with Gasteiger partial charge in [-0.15, -0.1) is 0 Å². The lowest BCUT2D eigenvalue weighted by atomic mass is 9.87. The molecule has 0 amide bonds. The number of hydrogen-bond donors (Lipinski definition) is 2. The molecule has 0 aliphatic carbocycles. The van der Waals surface area contributed by atoms with E-state index in [9.17, 15) is 0 Å². The first-order valence-electron chi connectivity index (χ1n) is 7.69. The topological polar surface area (TPSA) is 49.9 Å². The van der Waals surface area contributed by atoms with Gasteiger partial charge in [-0.3, -0.25) is 5.10 Å². The number of benzene rings is 1. The molecule has 112 valence electrons. The van der Waals surface area contributed by atoms with E-state index in [1.807, 2.05) is 6.20 Å². The summed E-state index contributed by atoms with van der Waals surface area (Å²) < 4.78 is 5.51. The van der Waals surface area contributed by atoms with E-state index in [1.165, 1.54) is 16.8 Å². The number of rotatable bonds is 5. The second-order valence-electron chi connectivity index (χ2n) is 5.75. The highest BCUT2D eigenvalue weighted by Gasteiger charge is 2.25. The van der Waals surface area contributed by atoms with Crippen molar-refractivity contribution >= 4 is 0 Å². The van der Waals surface area contributed by atoms with Crippen LogP contribution in [0.25, 0.3) is 0 Å². The molecule has 4 nitrogen and oxygen atoms in total. The van der Waals surface area contributed by atoms with Crippen LogP contribution in [0.1, 0.15) is 35.7 Å². The Morgan fingerprint density at radius 2 is 2.05 bits per heavy atom. The standard InChI is InChI=1S/C17H23N3O/c1-13-11-19-20-16(13)12-18-17(14-5-3-2-4-6-14)15-7-9-21-10-8-15/h2-6,11,15,17-18H,7-10,12H2,1H3,(H,19,20). The maximum Gasteiger partial charge on any atom is 0.0519 e. The molecule has 1 aliphatic rings. The van der Waals surface area contributed by atoms with Gasteiger partial charge in [-0.1, -0.05) is 30.3 Å². The Kier molecular flexibility index (Phi) is 4.68. The minimum absolute atomic E-state index is 0.373. The van der Waals surface area contributed by atoms with Crippen LogP contribution in [0.4, 0.5) is 0 Å². The molecule has 0 saturated carbocycles. The van der Waals surface area contributed by atoms with E-state index in [4.69, 9.17) is 4.74 Å². The normalized spacial score (nSPS) is 17.8. The zero-order chi connectivity index (χ0) is 14.5. The number of H-pyrrole nitrogens is 1. The Hall–Kier alpha value is -1.65. The number of aromatic amines is 1. The lowest BCUT2D eigenvalue weighted by molar-refractivity contribution is 0.0532. The molecule has 0 spiro atoms. The summed E-state index contributed by atoms with van der Waals surface area (Å²) in [6, 6.07) is 11.1. The Balaban J connectivity index is 1.74. The van der Waals surface area contributed by atoms with Crippen molar-refractivity contribution < 1.29 is 4.74 Å². The van der Waals surface area contributed by atoms with Crippen LogP contribution >= 0.6 is 0 Å². The second kappa shape index (κ2) is 6.87. The van der Waals surface area contributed by atoms with Gasteiger partial charge in [0.05, 0.1) is 11.9 Å². The smallest absolute Gasteiger partial charge is 0.0519 e. The van der Waals surface area contributed by atoms with Crippen LogP contribution in [0.5, 0.6) is 0 Å². The Morgan fingerprint density at radius 1 is 1.29 bits per heavy atom. The van der Waals surface area contributed by atoms with E-state index in [2.05, 4.69) is 52.8 Å². The predicted octanol–water partition coefficient (Wildman–Crippen LogP) is 2.98. The van der Waals surface area contributed by atoms with E-state index in [-0.39, 0.29) is 0 Å². The summed E-state index contributed by atoms with van der Waals surface area (Å²) in [4.78, 5) is 0. The van der Waals surface area contributed by atoms with Gasteiger partial charge in [0.2, 0.25) is 0 Å². The minimum Gasteiger partial charge on any atom is -0.381 e. The van der Waals surface area contributed by atoms with Gasteiger partial charge in [-0.2, -0.15) is 5.10 Å². The molecule has 1 aromatic heterocycles. The van der Waals surface area contributed by atoms with Crippen LogP contribution < -0.4 is 5.32 Å². The highest BCUT2D eigenvalue weighted by molar-refractivity contribution is 5.21. The summed E-state index contributed by atoms with van der Waals surface area (Å²) in [5, 5.41) is 10.9. The van der Waals surface area contributed by atoms with Gasteiger partial charge < -0.3 is 10.1 Å². The molecule has 2 aromatic rings. The van der Waals surface area contributed by atoms with Crippen molar-refractivity contribution in [1.82, 2.24) is 15.5 Å². The third kappa shape index (κ3) is 3.52. The number of ether oxygens (including phenoxy) is 1. The first-order chi connectivity index (χ1) is 10.3. The number of hydrogen-bond acceptors (Lipinski definition) is 3. The van der Waals surface area contributed by atoms with Crippen LogP contribution in [0.3, 0.4) is 0 Å². The fourth-order valence-electron chi connectivity index (χ4n) is 3.03.